The summed E-state index contributed by atoms with van der Waals surface area (Å²) in [7, 11) is 0. The van der Waals surface area contributed by atoms with Gasteiger partial charge in [0.2, 0.25) is 0 Å². The summed E-state index contributed by atoms with van der Waals surface area (Å²) in [6.07, 6.45) is 1.58. The van der Waals surface area contributed by atoms with Gasteiger partial charge >= 0.3 is 5.97 Å². The summed E-state index contributed by atoms with van der Waals surface area (Å²) in [4.78, 5) is 11.0. The summed E-state index contributed by atoms with van der Waals surface area (Å²) < 4.78 is 1.67. The molecular formula is C15H18N2O2. The molecule has 2 aromatic rings. The van der Waals surface area contributed by atoms with Crippen molar-refractivity contribution in [1.82, 2.24) is 9.78 Å². The lowest BCUT2D eigenvalue weighted by atomic mass is 10.0. The molecule has 4 heteroatoms. The first kappa shape index (κ1) is 13.3. The Morgan fingerprint density at radius 2 is 1.95 bits per heavy atom. The van der Waals surface area contributed by atoms with E-state index in [0.717, 1.165) is 5.56 Å². The molecule has 1 N–H and O–H groups in total. The highest BCUT2D eigenvalue weighted by molar-refractivity contribution is 5.88. The molecule has 0 aliphatic carbocycles. The maximum Gasteiger partial charge on any atom is 0.339 e. The van der Waals surface area contributed by atoms with Crippen molar-refractivity contribution < 1.29 is 9.90 Å². The number of benzene rings is 1. The van der Waals surface area contributed by atoms with Crippen molar-refractivity contribution in [2.75, 3.05) is 0 Å². The smallest absolute Gasteiger partial charge is 0.339 e. The first-order chi connectivity index (χ1) is 8.97. The molecule has 0 saturated carbocycles. The standard InChI is InChI=1S/C15H18N2O2/c1-10(2)13-6-4-12(5-7-13)8-17-9-14(15(18)19)11(3)16-17/h4-7,9-10H,8H2,1-3H3,(H,18,19). The molecule has 0 bridgehead atoms. The molecular weight excluding hydrogens is 240 g/mol. The number of aromatic carboxylic acids is 1. The van der Waals surface area contributed by atoms with Crippen LogP contribution in [-0.2, 0) is 6.54 Å². The third-order valence-corrected chi connectivity index (χ3v) is 3.17. The minimum atomic E-state index is -0.932. The van der Waals surface area contributed by atoms with Gasteiger partial charge in [-0.2, -0.15) is 5.10 Å². The van der Waals surface area contributed by atoms with Crippen LogP contribution in [0, 0.1) is 6.92 Å². The van der Waals surface area contributed by atoms with Crippen LogP contribution in [0.2, 0.25) is 0 Å². The number of carboxylic acid groups (broad SMARTS) is 1. The molecule has 0 spiro atoms. The summed E-state index contributed by atoms with van der Waals surface area (Å²) in [5, 5.41) is 13.2. The van der Waals surface area contributed by atoms with E-state index in [1.165, 1.54) is 5.56 Å². The van der Waals surface area contributed by atoms with Crippen LogP contribution >= 0.6 is 0 Å². The Morgan fingerprint density at radius 1 is 1.32 bits per heavy atom. The molecule has 0 aliphatic rings. The highest BCUT2D eigenvalue weighted by Gasteiger charge is 2.11. The summed E-state index contributed by atoms with van der Waals surface area (Å²) in [6, 6.07) is 8.34. The summed E-state index contributed by atoms with van der Waals surface area (Å²) >= 11 is 0. The van der Waals surface area contributed by atoms with Gasteiger partial charge in [0.05, 0.1) is 12.2 Å². The Labute approximate surface area is 112 Å². The van der Waals surface area contributed by atoms with E-state index in [1.807, 2.05) is 0 Å². The lowest BCUT2D eigenvalue weighted by molar-refractivity contribution is 0.0696. The number of rotatable bonds is 4. The molecule has 0 unspecified atom stereocenters. The van der Waals surface area contributed by atoms with Crippen molar-refractivity contribution >= 4 is 5.97 Å². The van der Waals surface area contributed by atoms with Gasteiger partial charge in [-0.15, -0.1) is 0 Å². The largest absolute Gasteiger partial charge is 0.478 e. The van der Waals surface area contributed by atoms with Gasteiger partial charge in [-0.05, 0) is 24.0 Å². The van der Waals surface area contributed by atoms with Crippen LogP contribution in [-0.4, -0.2) is 20.9 Å². The summed E-state index contributed by atoms with van der Waals surface area (Å²) in [6.45, 7) is 6.62. The number of aromatic nitrogens is 2. The van der Waals surface area contributed by atoms with Crippen molar-refractivity contribution in [2.45, 2.75) is 33.2 Å². The van der Waals surface area contributed by atoms with Crippen LogP contribution in [0.1, 0.15) is 46.9 Å². The molecule has 19 heavy (non-hydrogen) atoms. The second kappa shape index (κ2) is 5.26. The van der Waals surface area contributed by atoms with Gasteiger partial charge in [0, 0.05) is 6.20 Å². The summed E-state index contributed by atoms with van der Waals surface area (Å²) in [5.41, 5.74) is 3.22. The fourth-order valence-corrected chi connectivity index (χ4v) is 2.00. The first-order valence-corrected chi connectivity index (χ1v) is 6.33. The lowest BCUT2D eigenvalue weighted by Crippen LogP contribution is -2.01. The van der Waals surface area contributed by atoms with Crippen LogP contribution in [0.5, 0.6) is 0 Å². The molecule has 1 aromatic carbocycles. The highest BCUT2D eigenvalue weighted by atomic mass is 16.4. The van der Waals surface area contributed by atoms with E-state index in [1.54, 1.807) is 17.8 Å². The number of hydrogen-bond acceptors (Lipinski definition) is 2. The van der Waals surface area contributed by atoms with E-state index in [0.29, 0.717) is 18.2 Å². The molecule has 0 saturated heterocycles. The van der Waals surface area contributed by atoms with E-state index < -0.39 is 5.97 Å². The second-order valence-corrected chi connectivity index (χ2v) is 5.03. The van der Waals surface area contributed by atoms with E-state index in [9.17, 15) is 4.79 Å². The number of carbonyl (C=O) groups is 1. The molecule has 0 fully saturated rings. The molecule has 1 heterocycles. The zero-order chi connectivity index (χ0) is 14.0. The predicted octanol–water partition coefficient (Wildman–Crippen LogP) is 3.06. The van der Waals surface area contributed by atoms with Crippen LogP contribution in [0.25, 0.3) is 0 Å². The molecule has 1 aromatic heterocycles. The third-order valence-electron chi connectivity index (χ3n) is 3.17. The third kappa shape index (κ3) is 3.02. The zero-order valence-electron chi connectivity index (χ0n) is 11.4. The molecule has 0 atom stereocenters. The van der Waals surface area contributed by atoms with Crippen molar-refractivity contribution in [3.05, 3.63) is 52.8 Å². The topological polar surface area (TPSA) is 55.1 Å². The fraction of sp³-hybridized carbons (Fsp3) is 0.333. The van der Waals surface area contributed by atoms with Gasteiger partial charge in [-0.1, -0.05) is 38.1 Å². The van der Waals surface area contributed by atoms with Crippen LogP contribution in [0.15, 0.2) is 30.5 Å². The van der Waals surface area contributed by atoms with E-state index in [2.05, 4.69) is 43.2 Å². The average Bonchev–Trinajstić information content (AvgIpc) is 2.71. The summed E-state index contributed by atoms with van der Waals surface area (Å²) in [5.74, 6) is -0.418. The van der Waals surface area contributed by atoms with Crippen molar-refractivity contribution in [3.63, 3.8) is 0 Å². The van der Waals surface area contributed by atoms with E-state index in [4.69, 9.17) is 5.11 Å². The number of hydrogen-bond donors (Lipinski definition) is 1. The monoisotopic (exact) mass is 258 g/mol. The average molecular weight is 258 g/mol. The SMILES string of the molecule is Cc1nn(Cc2ccc(C(C)C)cc2)cc1C(=O)O. The quantitative estimate of drug-likeness (QED) is 0.917. The molecule has 2 rings (SSSR count). The maximum atomic E-state index is 11.0. The van der Waals surface area contributed by atoms with Crippen LogP contribution in [0.4, 0.5) is 0 Å². The Bertz CT molecular complexity index is 583. The van der Waals surface area contributed by atoms with Gasteiger partial charge < -0.3 is 5.11 Å². The molecule has 0 aliphatic heterocycles. The van der Waals surface area contributed by atoms with Crippen LogP contribution < -0.4 is 0 Å². The van der Waals surface area contributed by atoms with Gasteiger partial charge in [-0.3, -0.25) is 4.68 Å². The van der Waals surface area contributed by atoms with Crippen molar-refractivity contribution in [1.29, 1.82) is 0 Å². The Hall–Kier alpha value is -2.10. The Morgan fingerprint density at radius 3 is 2.42 bits per heavy atom. The first-order valence-electron chi connectivity index (χ1n) is 6.33. The maximum absolute atomic E-state index is 11.0. The minimum Gasteiger partial charge on any atom is -0.478 e. The Balaban J connectivity index is 2.17. The van der Waals surface area contributed by atoms with Gasteiger partial charge in [0.1, 0.15) is 5.56 Å². The second-order valence-electron chi connectivity index (χ2n) is 5.03. The molecule has 0 amide bonds. The lowest BCUT2D eigenvalue weighted by Gasteiger charge is -2.07. The Kier molecular flexibility index (Phi) is 3.69. The van der Waals surface area contributed by atoms with E-state index >= 15 is 0 Å². The van der Waals surface area contributed by atoms with Gasteiger partial charge in [0.25, 0.3) is 0 Å². The number of nitrogens with zero attached hydrogens (tertiary/aromatic N) is 2. The fourth-order valence-electron chi connectivity index (χ4n) is 2.00. The molecule has 100 valence electrons. The van der Waals surface area contributed by atoms with Crippen LogP contribution in [0.3, 0.4) is 0 Å². The normalized spacial score (nSPS) is 10.9. The minimum absolute atomic E-state index is 0.263. The van der Waals surface area contributed by atoms with Crippen molar-refractivity contribution in [3.8, 4) is 0 Å². The number of aryl methyl sites for hydroxylation is 1. The molecule has 0 radical (unpaired) electrons. The van der Waals surface area contributed by atoms with E-state index in [-0.39, 0.29) is 5.56 Å². The van der Waals surface area contributed by atoms with Crippen molar-refractivity contribution in [2.24, 2.45) is 0 Å². The van der Waals surface area contributed by atoms with Gasteiger partial charge in [-0.25, -0.2) is 4.79 Å². The zero-order valence-corrected chi connectivity index (χ0v) is 11.4. The predicted molar refractivity (Wildman–Crippen MR) is 73.6 cm³/mol. The number of carboxylic acids is 1. The van der Waals surface area contributed by atoms with Gasteiger partial charge in [0.15, 0.2) is 0 Å². The molecule has 4 nitrogen and oxygen atoms in total. The highest BCUT2D eigenvalue weighted by Crippen LogP contribution is 2.15.